The number of fused-ring (bicyclic) bond motifs is 1. The number of rotatable bonds is 6. The molecule has 0 spiro atoms. The normalized spacial score (nSPS) is 22.5. The van der Waals surface area contributed by atoms with Gasteiger partial charge in [0.25, 0.3) is 0 Å². The number of benzene rings is 1. The molecular formula is C19H26ClNO3. The summed E-state index contributed by atoms with van der Waals surface area (Å²) in [5, 5.41) is 12.5. The lowest BCUT2D eigenvalue weighted by Crippen LogP contribution is -2.54. The summed E-state index contributed by atoms with van der Waals surface area (Å²) < 4.78 is 5.47. The Hall–Kier alpha value is -1.52. The first kappa shape index (κ1) is 18.8. The van der Waals surface area contributed by atoms with Crippen LogP contribution in [-0.2, 0) is 11.2 Å². The van der Waals surface area contributed by atoms with Gasteiger partial charge in [0, 0.05) is 12.8 Å². The number of anilines is 1. The van der Waals surface area contributed by atoms with Gasteiger partial charge in [-0.3, -0.25) is 0 Å². The number of allylic oxidation sites excluding steroid dienone is 2. The number of carboxylic acid groups (broad SMARTS) is 1. The van der Waals surface area contributed by atoms with Gasteiger partial charge in [-0.05, 0) is 63.8 Å². The van der Waals surface area contributed by atoms with Crippen molar-refractivity contribution < 1.29 is 14.6 Å². The van der Waals surface area contributed by atoms with Crippen molar-refractivity contribution in [3.05, 3.63) is 40.5 Å². The van der Waals surface area contributed by atoms with Gasteiger partial charge < -0.3 is 15.2 Å². The second kappa shape index (κ2) is 7.58. The summed E-state index contributed by atoms with van der Waals surface area (Å²) in [7, 11) is 1.68. The van der Waals surface area contributed by atoms with Crippen molar-refractivity contribution in [1.82, 2.24) is 0 Å². The molecule has 0 fully saturated rings. The number of aromatic carboxylic acids is 1. The van der Waals surface area contributed by atoms with E-state index < -0.39 is 5.97 Å². The average Bonchev–Trinajstić information content (AvgIpc) is 2.53. The Balaban J connectivity index is 2.30. The lowest BCUT2D eigenvalue weighted by atomic mass is 9.81. The highest BCUT2D eigenvalue weighted by atomic mass is 35.5. The average molecular weight is 352 g/mol. The highest BCUT2D eigenvalue weighted by Crippen LogP contribution is 2.38. The van der Waals surface area contributed by atoms with Crippen molar-refractivity contribution in [2.24, 2.45) is 0 Å². The van der Waals surface area contributed by atoms with Crippen molar-refractivity contribution in [2.75, 3.05) is 19.0 Å². The summed E-state index contributed by atoms with van der Waals surface area (Å²) in [6.45, 7) is 6.90. The van der Waals surface area contributed by atoms with Crippen molar-refractivity contribution >= 4 is 23.3 Å². The number of methoxy groups -OCH3 is 1. The smallest absolute Gasteiger partial charge is 0.335 e. The molecule has 0 unspecified atom stereocenters. The van der Waals surface area contributed by atoms with Gasteiger partial charge in [0.05, 0.1) is 23.1 Å². The molecule has 1 aromatic carbocycles. The van der Waals surface area contributed by atoms with Crippen LogP contribution in [0.3, 0.4) is 0 Å². The van der Waals surface area contributed by atoms with E-state index in [1.165, 1.54) is 11.1 Å². The van der Waals surface area contributed by atoms with Crippen molar-refractivity contribution in [2.45, 2.75) is 50.9 Å². The summed E-state index contributed by atoms with van der Waals surface area (Å²) >= 11 is 6.73. The highest BCUT2D eigenvalue weighted by molar-refractivity contribution is 6.22. The zero-order valence-corrected chi connectivity index (χ0v) is 15.5. The molecule has 5 heteroatoms. The van der Waals surface area contributed by atoms with Crippen molar-refractivity contribution in [1.29, 1.82) is 0 Å². The minimum atomic E-state index is -0.920. The Bertz CT molecular complexity index is 652. The SMILES string of the molecule is COC[C@@]1(CCC(C)=C(C)C)Nc2ccc(C(=O)O)cc2C[C@H]1Cl. The fourth-order valence-corrected chi connectivity index (χ4v) is 3.48. The predicted octanol–water partition coefficient (Wildman–Crippen LogP) is 4.48. The first-order valence-corrected chi connectivity index (χ1v) is 8.63. The maximum Gasteiger partial charge on any atom is 0.335 e. The highest BCUT2D eigenvalue weighted by Gasteiger charge is 2.41. The van der Waals surface area contributed by atoms with Gasteiger partial charge in [-0.2, -0.15) is 0 Å². The predicted molar refractivity (Wildman–Crippen MR) is 98.3 cm³/mol. The summed E-state index contributed by atoms with van der Waals surface area (Å²) in [5.74, 6) is -0.920. The van der Waals surface area contributed by atoms with E-state index >= 15 is 0 Å². The van der Waals surface area contributed by atoms with Crippen LogP contribution in [0.25, 0.3) is 0 Å². The Kier molecular flexibility index (Phi) is 5.94. The van der Waals surface area contributed by atoms with Crippen LogP contribution in [0.2, 0.25) is 0 Å². The standard InChI is InChI=1S/C19H26ClNO3/c1-12(2)13(3)7-8-19(11-24-4)17(20)10-15-9-14(18(22)23)5-6-16(15)21-19/h5-6,9,17,21H,7-8,10-11H2,1-4H3,(H,22,23)/t17-,19-/m1/s1. The minimum Gasteiger partial charge on any atom is -0.478 e. The molecule has 2 N–H and O–H groups in total. The molecule has 2 rings (SSSR count). The molecule has 24 heavy (non-hydrogen) atoms. The van der Waals surface area contributed by atoms with Crippen LogP contribution in [0, 0.1) is 0 Å². The zero-order valence-electron chi connectivity index (χ0n) is 14.8. The van der Waals surface area contributed by atoms with Crippen molar-refractivity contribution in [3.8, 4) is 0 Å². The zero-order chi connectivity index (χ0) is 17.9. The van der Waals surface area contributed by atoms with Crippen LogP contribution >= 0.6 is 11.6 Å². The quantitative estimate of drug-likeness (QED) is 0.586. The van der Waals surface area contributed by atoms with Crippen LogP contribution in [0.4, 0.5) is 5.69 Å². The Morgan fingerprint density at radius 2 is 2.12 bits per heavy atom. The fraction of sp³-hybridized carbons (Fsp3) is 0.526. The molecule has 4 nitrogen and oxygen atoms in total. The third-order valence-electron chi connectivity index (χ3n) is 4.94. The molecule has 0 aromatic heterocycles. The fourth-order valence-electron chi connectivity index (χ4n) is 3.09. The van der Waals surface area contributed by atoms with Crippen LogP contribution < -0.4 is 5.32 Å². The van der Waals surface area contributed by atoms with Crippen LogP contribution in [0.1, 0.15) is 49.5 Å². The Labute approximate surface area is 148 Å². The van der Waals surface area contributed by atoms with E-state index in [0.29, 0.717) is 18.6 Å². The maximum atomic E-state index is 11.2. The van der Waals surface area contributed by atoms with Gasteiger partial charge in [-0.15, -0.1) is 11.6 Å². The molecule has 1 heterocycles. The number of carboxylic acids is 1. The minimum absolute atomic E-state index is 0.168. The van der Waals surface area contributed by atoms with Gasteiger partial charge in [0.2, 0.25) is 0 Å². The third-order valence-corrected chi connectivity index (χ3v) is 5.51. The Morgan fingerprint density at radius 1 is 1.42 bits per heavy atom. The molecule has 0 aliphatic carbocycles. The van der Waals surface area contributed by atoms with Gasteiger partial charge in [-0.25, -0.2) is 4.79 Å². The van der Waals surface area contributed by atoms with Gasteiger partial charge in [0.15, 0.2) is 0 Å². The first-order valence-electron chi connectivity index (χ1n) is 8.19. The van der Waals surface area contributed by atoms with Crippen molar-refractivity contribution in [3.63, 3.8) is 0 Å². The lowest BCUT2D eigenvalue weighted by molar-refractivity contribution is 0.0696. The molecular weight excluding hydrogens is 326 g/mol. The van der Waals surface area contributed by atoms with E-state index in [9.17, 15) is 4.79 Å². The molecule has 0 bridgehead atoms. The number of carbonyl (C=O) groups is 1. The molecule has 0 saturated heterocycles. The summed E-state index contributed by atoms with van der Waals surface area (Å²) in [5.41, 5.74) is 4.52. The molecule has 1 aliphatic rings. The van der Waals surface area contributed by atoms with E-state index in [1.807, 2.05) is 6.07 Å². The molecule has 132 valence electrons. The topological polar surface area (TPSA) is 58.6 Å². The number of alkyl halides is 1. The molecule has 0 amide bonds. The van der Waals surface area contributed by atoms with E-state index in [-0.39, 0.29) is 10.9 Å². The van der Waals surface area contributed by atoms with E-state index in [1.54, 1.807) is 19.2 Å². The molecule has 0 radical (unpaired) electrons. The van der Waals surface area contributed by atoms with E-state index in [4.69, 9.17) is 21.4 Å². The third kappa shape index (κ3) is 3.93. The summed E-state index contributed by atoms with van der Waals surface area (Å²) in [6.07, 6.45) is 2.44. The van der Waals surface area contributed by atoms with E-state index in [2.05, 4.69) is 26.1 Å². The molecule has 0 saturated carbocycles. The molecule has 2 atom stereocenters. The second-order valence-corrected chi connectivity index (χ2v) is 7.37. The molecule has 1 aliphatic heterocycles. The van der Waals surface area contributed by atoms with Crippen LogP contribution in [0.15, 0.2) is 29.3 Å². The Morgan fingerprint density at radius 3 is 2.71 bits per heavy atom. The largest absolute Gasteiger partial charge is 0.478 e. The number of hydrogen-bond donors (Lipinski definition) is 2. The lowest BCUT2D eigenvalue weighted by Gasteiger charge is -2.43. The van der Waals surface area contributed by atoms with Gasteiger partial charge in [0.1, 0.15) is 0 Å². The summed E-state index contributed by atoms with van der Waals surface area (Å²) in [6, 6.07) is 5.17. The van der Waals surface area contributed by atoms with E-state index in [0.717, 1.165) is 24.1 Å². The second-order valence-electron chi connectivity index (χ2n) is 6.84. The number of halogens is 1. The monoisotopic (exact) mass is 351 g/mol. The number of ether oxygens (including phenoxy) is 1. The first-order chi connectivity index (χ1) is 11.3. The van der Waals surface area contributed by atoms with Gasteiger partial charge >= 0.3 is 5.97 Å². The maximum absolute atomic E-state index is 11.2. The van der Waals surface area contributed by atoms with Gasteiger partial charge in [-0.1, -0.05) is 11.1 Å². The summed E-state index contributed by atoms with van der Waals surface area (Å²) in [4.78, 5) is 11.2. The molecule has 1 aromatic rings. The van der Waals surface area contributed by atoms with Crippen LogP contribution in [0.5, 0.6) is 0 Å². The number of hydrogen-bond acceptors (Lipinski definition) is 3. The van der Waals surface area contributed by atoms with Crippen LogP contribution in [-0.4, -0.2) is 35.7 Å². The number of nitrogens with one attached hydrogen (secondary N) is 1.